The van der Waals surface area contributed by atoms with Crippen LogP contribution in [0.25, 0.3) is 0 Å². The number of thioether (sulfide) groups is 1. The molecule has 3 rings (SSSR count). The molecule has 0 amide bonds. The summed E-state index contributed by atoms with van der Waals surface area (Å²) in [4.78, 5) is 7.94. The van der Waals surface area contributed by atoms with Crippen molar-refractivity contribution in [2.45, 2.75) is 17.7 Å². The first-order chi connectivity index (χ1) is 11.0. The Labute approximate surface area is 153 Å². The summed E-state index contributed by atoms with van der Waals surface area (Å²) in [7, 11) is -3.61. The highest BCUT2D eigenvalue weighted by Crippen LogP contribution is 2.25. The lowest BCUT2D eigenvalue weighted by Gasteiger charge is -2.11. The molecule has 1 aromatic carbocycles. The number of nitrogen functional groups attached to an aromatic ring is 1. The van der Waals surface area contributed by atoms with E-state index in [0.29, 0.717) is 17.4 Å². The van der Waals surface area contributed by atoms with Crippen molar-refractivity contribution in [2.24, 2.45) is 4.99 Å². The van der Waals surface area contributed by atoms with Crippen molar-refractivity contribution in [2.75, 3.05) is 31.9 Å². The Morgan fingerprint density at radius 1 is 1.25 bits per heavy atom. The zero-order valence-electron chi connectivity index (χ0n) is 13.1. The van der Waals surface area contributed by atoms with E-state index in [1.54, 1.807) is 12.1 Å². The molecule has 9 heteroatoms. The summed E-state index contributed by atoms with van der Waals surface area (Å²) in [5.74, 6) is 0. The third-order valence-corrected chi connectivity index (χ3v) is 6.26. The molecule has 0 saturated carbocycles. The Bertz CT molecular complexity index is 726. The van der Waals surface area contributed by atoms with E-state index in [-0.39, 0.29) is 17.3 Å². The van der Waals surface area contributed by atoms with Gasteiger partial charge in [-0.15, -0.1) is 12.4 Å². The molecule has 0 atom stereocenters. The number of hydrogen-bond acceptors (Lipinski definition) is 6. The fourth-order valence-corrected chi connectivity index (χ4v) is 4.58. The van der Waals surface area contributed by atoms with Gasteiger partial charge in [-0.05, 0) is 50.2 Å². The summed E-state index contributed by atoms with van der Waals surface area (Å²) >= 11 is 1.39. The number of nitrogens with two attached hydrogens (primary N) is 1. The molecule has 3 N–H and O–H groups in total. The van der Waals surface area contributed by atoms with Crippen LogP contribution in [0.1, 0.15) is 12.8 Å². The fraction of sp³-hybridized carbons (Fsp3) is 0.400. The number of sulfonamides is 1. The van der Waals surface area contributed by atoms with Gasteiger partial charge >= 0.3 is 0 Å². The molecule has 132 valence electrons. The second-order valence-corrected chi connectivity index (χ2v) is 8.37. The zero-order valence-corrected chi connectivity index (χ0v) is 15.6. The molecule has 6 nitrogen and oxygen atoms in total. The van der Waals surface area contributed by atoms with Crippen molar-refractivity contribution in [1.29, 1.82) is 0 Å². The van der Waals surface area contributed by atoms with E-state index in [1.807, 2.05) is 0 Å². The van der Waals surface area contributed by atoms with Crippen LogP contribution in [0, 0.1) is 0 Å². The van der Waals surface area contributed by atoms with Gasteiger partial charge in [-0.25, -0.2) is 8.42 Å². The molecule has 1 saturated heterocycles. The molecule has 0 aliphatic carbocycles. The summed E-state index contributed by atoms with van der Waals surface area (Å²) in [6, 6.07) is 6.11. The lowest BCUT2D eigenvalue weighted by Crippen LogP contribution is -2.27. The quantitative estimate of drug-likeness (QED) is 0.771. The molecule has 2 heterocycles. The predicted molar refractivity (Wildman–Crippen MR) is 102 cm³/mol. The second-order valence-electron chi connectivity index (χ2n) is 5.58. The smallest absolute Gasteiger partial charge is 0.263 e. The molecule has 2 aliphatic heterocycles. The van der Waals surface area contributed by atoms with E-state index in [2.05, 4.69) is 20.7 Å². The van der Waals surface area contributed by atoms with Crippen molar-refractivity contribution in [3.63, 3.8) is 0 Å². The molecular formula is C15H21ClN4O2S2. The Morgan fingerprint density at radius 2 is 1.92 bits per heavy atom. The van der Waals surface area contributed by atoms with Crippen molar-refractivity contribution in [3.8, 4) is 0 Å². The molecule has 24 heavy (non-hydrogen) atoms. The molecule has 0 bridgehead atoms. The summed E-state index contributed by atoms with van der Waals surface area (Å²) in [5.41, 5.74) is 6.11. The van der Waals surface area contributed by atoms with Gasteiger partial charge in [0.25, 0.3) is 10.0 Å². The average molecular weight is 389 g/mol. The number of aliphatic imine (C=N–C) groups is 1. The van der Waals surface area contributed by atoms with Crippen LogP contribution in [-0.2, 0) is 10.0 Å². The second kappa shape index (κ2) is 8.24. The lowest BCUT2D eigenvalue weighted by molar-refractivity contribution is 0.377. The number of nitrogens with zero attached hydrogens (tertiary/aromatic N) is 2. The minimum atomic E-state index is -3.61. The third kappa shape index (κ3) is 4.89. The largest absolute Gasteiger partial charge is 0.399 e. The highest BCUT2D eigenvalue weighted by Gasteiger charge is 2.21. The van der Waals surface area contributed by atoms with E-state index in [4.69, 9.17) is 5.73 Å². The highest BCUT2D eigenvalue weighted by molar-refractivity contribution is 8.18. The van der Waals surface area contributed by atoms with Crippen LogP contribution in [0.3, 0.4) is 0 Å². The predicted octanol–water partition coefficient (Wildman–Crippen LogP) is 2.05. The summed E-state index contributed by atoms with van der Waals surface area (Å²) < 4.78 is 27.1. The normalized spacial score (nSPS) is 20.0. The number of anilines is 1. The topological polar surface area (TPSA) is 87.8 Å². The van der Waals surface area contributed by atoms with Crippen LogP contribution in [0.5, 0.6) is 0 Å². The number of halogens is 1. The van der Waals surface area contributed by atoms with Crippen LogP contribution < -0.4 is 10.5 Å². The zero-order chi connectivity index (χ0) is 16.3. The maximum atomic E-state index is 12.3. The van der Waals surface area contributed by atoms with E-state index in [1.165, 1.54) is 36.7 Å². The number of amidine groups is 1. The maximum Gasteiger partial charge on any atom is 0.263 e. The van der Waals surface area contributed by atoms with Gasteiger partial charge in [-0.2, -0.15) is 0 Å². The maximum absolute atomic E-state index is 12.3. The Hall–Kier alpha value is -1.22. The third-order valence-electron chi connectivity index (χ3n) is 3.79. The molecule has 0 aromatic heterocycles. The van der Waals surface area contributed by atoms with Crippen LogP contribution >= 0.6 is 24.2 Å². The number of rotatable bonds is 4. The molecular weight excluding hydrogens is 368 g/mol. The van der Waals surface area contributed by atoms with E-state index in [9.17, 15) is 8.42 Å². The first-order valence-electron chi connectivity index (χ1n) is 7.55. The van der Waals surface area contributed by atoms with Gasteiger partial charge in [-0.1, -0.05) is 17.8 Å². The molecule has 0 spiro atoms. The highest BCUT2D eigenvalue weighted by atomic mass is 35.5. The van der Waals surface area contributed by atoms with Gasteiger partial charge < -0.3 is 5.73 Å². The van der Waals surface area contributed by atoms with Gasteiger partial charge in [0.15, 0.2) is 5.17 Å². The van der Waals surface area contributed by atoms with E-state index in [0.717, 1.165) is 24.5 Å². The fourth-order valence-electron chi connectivity index (χ4n) is 2.51. The van der Waals surface area contributed by atoms with Crippen LogP contribution in [0.15, 0.2) is 45.1 Å². The van der Waals surface area contributed by atoms with Crippen LogP contribution in [-0.4, -0.2) is 44.7 Å². The van der Waals surface area contributed by atoms with Crippen molar-refractivity contribution < 1.29 is 8.42 Å². The van der Waals surface area contributed by atoms with Crippen molar-refractivity contribution in [1.82, 2.24) is 9.62 Å². The number of hydrogen-bond donors (Lipinski definition) is 2. The van der Waals surface area contributed by atoms with Gasteiger partial charge in [-0.3, -0.25) is 14.6 Å². The number of likely N-dealkylation sites (tertiary alicyclic amines) is 1. The Balaban J connectivity index is 0.00000208. The van der Waals surface area contributed by atoms with Crippen molar-refractivity contribution >= 4 is 45.0 Å². The monoisotopic (exact) mass is 388 g/mol. The summed E-state index contributed by atoms with van der Waals surface area (Å²) in [6.07, 6.45) is 4.67. The Morgan fingerprint density at radius 3 is 2.58 bits per heavy atom. The van der Waals surface area contributed by atoms with Gasteiger partial charge in [0.2, 0.25) is 0 Å². The molecule has 2 aliphatic rings. The molecule has 1 aromatic rings. The SMILES string of the molecule is Cl.Nc1ccc(S(=O)(=O)NC2=NC/C(=C/CN3CCCC3)S2)cc1. The Kier molecular flexibility index (Phi) is 6.56. The van der Waals surface area contributed by atoms with Crippen molar-refractivity contribution in [3.05, 3.63) is 35.2 Å². The minimum absolute atomic E-state index is 0. The average Bonchev–Trinajstić information content (AvgIpc) is 3.16. The van der Waals surface area contributed by atoms with Gasteiger partial charge in [0, 0.05) is 17.1 Å². The van der Waals surface area contributed by atoms with E-state index < -0.39 is 10.0 Å². The molecule has 1 fully saturated rings. The van der Waals surface area contributed by atoms with E-state index >= 15 is 0 Å². The summed E-state index contributed by atoms with van der Waals surface area (Å²) in [5, 5.41) is 0.425. The van der Waals surface area contributed by atoms with Crippen LogP contribution in [0.4, 0.5) is 5.69 Å². The minimum Gasteiger partial charge on any atom is -0.399 e. The standard InChI is InChI=1S/C15H20N4O2S2.ClH/c16-12-3-5-14(6-4-12)23(20,21)18-15-17-11-13(22-15)7-10-19-8-1-2-9-19;/h3-7H,1-2,8-11,16H2,(H,17,18);1H/b13-7-;. The van der Waals surface area contributed by atoms with Crippen LogP contribution in [0.2, 0.25) is 0 Å². The number of nitrogens with one attached hydrogen (secondary N) is 1. The molecule has 0 radical (unpaired) electrons. The first kappa shape index (κ1) is 19.1. The summed E-state index contributed by atoms with van der Waals surface area (Å²) in [6.45, 7) is 3.74. The lowest BCUT2D eigenvalue weighted by atomic mass is 10.3. The molecule has 0 unspecified atom stereocenters. The van der Waals surface area contributed by atoms with Gasteiger partial charge in [0.05, 0.1) is 11.4 Å². The first-order valence-corrected chi connectivity index (χ1v) is 9.85. The van der Waals surface area contributed by atoms with Gasteiger partial charge in [0.1, 0.15) is 0 Å². The number of benzene rings is 1.